The summed E-state index contributed by atoms with van der Waals surface area (Å²) in [6.07, 6.45) is 9.19. The lowest BCUT2D eigenvalue weighted by Gasteiger charge is -2.61. The third-order valence-electron chi connectivity index (χ3n) is 11.0. The zero-order chi connectivity index (χ0) is 19.4. The Labute approximate surface area is 164 Å². The van der Waals surface area contributed by atoms with E-state index in [1.54, 1.807) is 6.92 Å². The van der Waals surface area contributed by atoms with Crippen LogP contribution in [-0.4, -0.2) is 30.1 Å². The van der Waals surface area contributed by atoms with Gasteiger partial charge in [0.05, 0.1) is 6.10 Å². The predicted octanol–water partition coefficient (Wildman–Crippen LogP) is 4.10. The molecular formula is C24H37NO2. The average Bonchev–Trinajstić information content (AvgIpc) is 3.20. The summed E-state index contributed by atoms with van der Waals surface area (Å²) in [6, 6.07) is 0.495. The van der Waals surface area contributed by atoms with Crippen molar-refractivity contribution in [3.05, 3.63) is 12.2 Å². The van der Waals surface area contributed by atoms with E-state index < -0.39 is 6.10 Å². The first-order valence-electron chi connectivity index (χ1n) is 11.2. The highest BCUT2D eigenvalue weighted by atomic mass is 16.3. The predicted molar refractivity (Wildman–Crippen MR) is 107 cm³/mol. The van der Waals surface area contributed by atoms with Crippen molar-refractivity contribution in [3.8, 4) is 0 Å². The van der Waals surface area contributed by atoms with Crippen molar-refractivity contribution in [1.82, 2.24) is 5.32 Å². The Bertz CT molecular complexity index is 717. The molecule has 0 aromatic heterocycles. The summed E-state index contributed by atoms with van der Waals surface area (Å²) < 4.78 is 0. The Morgan fingerprint density at radius 2 is 1.85 bits per heavy atom. The van der Waals surface area contributed by atoms with Crippen LogP contribution in [0.15, 0.2) is 12.2 Å². The van der Waals surface area contributed by atoms with Crippen LogP contribution in [0.3, 0.4) is 0 Å². The van der Waals surface area contributed by atoms with Crippen molar-refractivity contribution < 1.29 is 9.90 Å². The molecule has 5 saturated carbocycles. The van der Waals surface area contributed by atoms with Crippen molar-refractivity contribution in [3.63, 3.8) is 0 Å². The highest BCUT2D eigenvalue weighted by Gasteiger charge is 2.81. The highest BCUT2D eigenvalue weighted by molar-refractivity contribution is 5.80. The smallest absolute Gasteiger partial charge is 0.136 e. The number of rotatable bonds is 2. The van der Waals surface area contributed by atoms with Crippen molar-refractivity contribution in [1.29, 1.82) is 0 Å². The minimum Gasteiger partial charge on any atom is -0.392 e. The molecule has 0 radical (unpaired) electrons. The van der Waals surface area contributed by atoms with Crippen molar-refractivity contribution >= 4 is 5.78 Å². The van der Waals surface area contributed by atoms with Gasteiger partial charge in [-0.2, -0.15) is 0 Å². The molecule has 0 aliphatic heterocycles. The molecule has 0 bridgehead atoms. The number of fused-ring (bicyclic) bond motifs is 2. The number of aliphatic hydroxyl groups is 1. The summed E-state index contributed by atoms with van der Waals surface area (Å²) in [5.41, 5.74) is 2.45. The van der Waals surface area contributed by atoms with Crippen LogP contribution in [0.4, 0.5) is 0 Å². The summed E-state index contributed by atoms with van der Waals surface area (Å²) >= 11 is 0. The molecule has 2 N–H and O–H groups in total. The Balaban J connectivity index is 1.53. The summed E-state index contributed by atoms with van der Waals surface area (Å²) in [5, 5.41) is 14.4. The van der Waals surface area contributed by atoms with Gasteiger partial charge in [-0.3, -0.25) is 4.79 Å². The zero-order valence-electron chi connectivity index (χ0n) is 17.6. The lowest BCUT2D eigenvalue weighted by Crippen LogP contribution is -2.55. The van der Waals surface area contributed by atoms with Crippen LogP contribution in [0, 0.1) is 39.4 Å². The number of ketones is 1. The van der Waals surface area contributed by atoms with Crippen LogP contribution in [0.25, 0.3) is 0 Å². The second-order valence-electron chi connectivity index (χ2n) is 11.3. The molecule has 5 aliphatic carbocycles. The molecule has 2 spiro atoms. The zero-order valence-corrected chi connectivity index (χ0v) is 17.6. The number of carbonyl (C=O) groups excluding carboxylic acids is 1. The third-order valence-corrected chi connectivity index (χ3v) is 11.0. The van der Waals surface area contributed by atoms with Gasteiger partial charge in [0.1, 0.15) is 5.78 Å². The van der Waals surface area contributed by atoms with Crippen molar-refractivity contribution in [2.24, 2.45) is 39.4 Å². The van der Waals surface area contributed by atoms with Crippen LogP contribution in [0.2, 0.25) is 0 Å². The number of nitrogens with one attached hydrogen (secondary N) is 1. The van der Waals surface area contributed by atoms with E-state index in [-0.39, 0.29) is 22.5 Å². The molecule has 3 nitrogen and oxygen atoms in total. The number of carbonyl (C=O) groups is 1. The molecule has 9 atom stereocenters. The minimum absolute atomic E-state index is 0.0377. The fourth-order valence-electron chi connectivity index (χ4n) is 9.75. The molecule has 5 fully saturated rings. The Morgan fingerprint density at radius 3 is 2.52 bits per heavy atom. The van der Waals surface area contributed by atoms with Crippen LogP contribution >= 0.6 is 0 Å². The molecule has 0 saturated heterocycles. The molecule has 0 aromatic carbocycles. The lowest BCUT2D eigenvalue weighted by atomic mass is 9.43. The summed E-state index contributed by atoms with van der Waals surface area (Å²) in [4.78, 5) is 12.5. The second-order valence-corrected chi connectivity index (χ2v) is 11.3. The van der Waals surface area contributed by atoms with Crippen LogP contribution in [0.1, 0.15) is 72.1 Å². The van der Waals surface area contributed by atoms with E-state index in [1.165, 1.54) is 44.1 Å². The Hall–Kier alpha value is -0.670. The standard InChI is InChI=1S/C24H37NO2/c1-14-16-6-7-19-22(4)12-18(27)20(15(2)26)21(22,3)10-11-24(19)13-23(16,24)9-8-17(14)25-5/h16-20,25,27H,1,6-13H2,2-5H3/t16-,17+,18-,19+,20+,21-,22+,23-,24-/m1/s1. The molecule has 0 aromatic rings. The normalized spacial score (nSPS) is 58.7. The molecular weight excluding hydrogens is 334 g/mol. The number of aliphatic hydroxyl groups excluding tert-OH is 1. The third kappa shape index (κ3) is 1.85. The maximum absolute atomic E-state index is 12.5. The largest absolute Gasteiger partial charge is 0.392 e. The van der Waals surface area contributed by atoms with Gasteiger partial charge in [0.2, 0.25) is 0 Å². The lowest BCUT2D eigenvalue weighted by molar-refractivity contribution is -0.141. The minimum atomic E-state index is -0.449. The van der Waals surface area contributed by atoms with Crippen molar-refractivity contribution in [2.75, 3.05) is 7.05 Å². The van der Waals surface area contributed by atoms with E-state index >= 15 is 0 Å². The number of hydrogen-bond donors (Lipinski definition) is 2. The van der Waals surface area contributed by atoms with Gasteiger partial charge in [0, 0.05) is 12.0 Å². The molecule has 27 heavy (non-hydrogen) atoms. The van der Waals surface area contributed by atoms with E-state index in [0.29, 0.717) is 28.7 Å². The van der Waals surface area contributed by atoms with Gasteiger partial charge >= 0.3 is 0 Å². The quantitative estimate of drug-likeness (QED) is 0.719. The second kappa shape index (κ2) is 5.27. The fraction of sp³-hybridized carbons (Fsp3) is 0.875. The number of Topliss-reactive ketones (excluding diaryl/α,β-unsaturated/α-hetero) is 1. The first kappa shape index (κ1) is 18.4. The summed E-state index contributed by atoms with van der Waals surface area (Å²) in [7, 11) is 2.08. The van der Waals surface area contributed by atoms with Crippen LogP contribution in [0.5, 0.6) is 0 Å². The van der Waals surface area contributed by atoms with Gasteiger partial charge < -0.3 is 10.4 Å². The van der Waals surface area contributed by atoms with E-state index in [9.17, 15) is 9.90 Å². The Kier molecular flexibility index (Phi) is 3.59. The molecule has 0 unspecified atom stereocenters. The van der Waals surface area contributed by atoms with Gasteiger partial charge in [0.25, 0.3) is 0 Å². The van der Waals surface area contributed by atoms with Crippen LogP contribution in [-0.2, 0) is 4.79 Å². The maximum Gasteiger partial charge on any atom is 0.136 e. The van der Waals surface area contributed by atoms with Gasteiger partial charge in [-0.25, -0.2) is 0 Å². The molecule has 150 valence electrons. The molecule has 5 rings (SSSR count). The average molecular weight is 372 g/mol. The van der Waals surface area contributed by atoms with Gasteiger partial charge in [-0.05, 0) is 98.8 Å². The topological polar surface area (TPSA) is 49.3 Å². The van der Waals surface area contributed by atoms with E-state index in [4.69, 9.17) is 0 Å². The first-order valence-corrected chi connectivity index (χ1v) is 11.2. The van der Waals surface area contributed by atoms with Gasteiger partial charge in [-0.1, -0.05) is 26.0 Å². The monoisotopic (exact) mass is 371 g/mol. The number of hydrogen-bond acceptors (Lipinski definition) is 3. The molecule has 0 heterocycles. The van der Waals surface area contributed by atoms with E-state index in [0.717, 1.165) is 12.8 Å². The summed E-state index contributed by atoms with van der Waals surface area (Å²) in [5.74, 6) is 1.38. The molecule has 3 heteroatoms. The first-order chi connectivity index (χ1) is 12.7. The van der Waals surface area contributed by atoms with Crippen molar-refractivity contribution in [2.45, 2.75) is 84.3 Å². The Morgan fingerprint density at radius 1 is 1.11 bits per heavy atom. The molecule has 5 aliphatic rings. The fourth-order valence-corrected chi connectivity index (χ4v) is 9.75. The maximum atomic E-state index is 12.5. The highest BCUT2D eigenvalue weighted by Crippen LogP contribution is 2.87. The SMILES string of the molecule is C=C1[C@@H](NC)CC[C@]23C[C@@]24CC[C@]2(C)[C@@H](C(C)=O)[C@H](O)C[C@@]2(C)[C@@H]4CC[C@H]13. The molecule has 0 amide bonds. The van der Waals surface area contributed by atoms with Gasteiger partial charge in [-0.15, -0.1) is 0 Å². The van der Waals surface area contributed by atoms with E-state index in [2.05, 4.69) is 32.8 Å². The van der Waals surface area contributed by atoms with Gasteiger partial charge in [0.15, 0.2) is 0 Å². The van der Waals surface area contributed by atoms with E-state index in [1.807, 2.05) is 0 Å². The summed E-state index contributed by atoms with van der Waals surface area (Å²) in [6.45, 7) is 11.0. The number of likely N-dealkylation sites (N-methyl/N-ethyl adjacent to an activating group) is 1. The van der Waals surface area contributed by atoms with Crippen LogP contribution < -0.4 is 5.32 Å².